The number of fused-ring (bicyclic) bond motifs is 1. The number of anilines is 1. The van der Waals surface area contributed by atoms with Gasteiger partial charge in [-0.15, -0.1) is 11.3 Å². The van der Waals surface area contributed by atoms with Crippen molar-refractivity contribution in [1.29, 1.82) is 0 Å². The van der Waals surface area contributed by atoms with Crippen molar-refractivity contribution >= 4 is 33.3 Å². The molecule has 1 amide bonds. The minimum Gasteiger partial charge on any atom is -0.361 e. The highest BCUT2D eigenvalue weighted by Gasteiger charge is 2.22. The van der Waals surface area contributed by atoms with Gasteiger partial charge in [0.15, 0.2) is 5.13 Å². The number of hydrogen-bond acceptors (Lipinski definition) is 4. The molecule has 1 unspecified atom stereocenters. The van der Waals surface area contributed by atoms with Crippen LogP contribution in [0.2, 0.25) is 0 Å². The molecule has 0 radical (unpaired) electrons. The lowest BCUT2D eigenvalue weighted by Crippen LogP contribution is -2.41. The second kappa shape index (κ2) is 6.65. The summed E-state index contributed by atoms with van der Waals surface area (Å²) in [5.74, 6) is 0.479. The number of piperidine rings is 1. The van der Waals surface area contributed by atoms with Crippen molar-refractivity contribution in [2.24, 2.45) is 5.92 Å². The van der Waals surface area contributed by atoms with Crippen molar-refractivity contribution in [2.45, 2.75) is 12.8 Å². The Hall–Kier alpha value is -2.34. The second-order valence-corrected chi connectivity index (χ2v) is 7.13. The van der Waals surface area contributed by atoms with Gasteiger partial charge in [0, 0.05) is 53.9 Å². The Kier molecular flexibility index (Phi) is 4.21. The average Bonchev–Trinajstić information content (AvgIpc) is 3.30. The molecule has 0 saturated carbocycles. The van der Waals surface area contributed by atoms with Gasteiger partial charge in [-0.05, 0) is 43.0 Å². The highest BCUT2D eigenvalue weighted by Crippen LogP contribution is 2.24. The van der Waals surface area contributed by atoms with Crippen LogP contribution in [0.15, 0.2) is 42.0 Å². The molecule has 5 nitrogen and oxygen atoms in total. The molecule has 4 rings (SSSR count). The van der Waals surface area contributed by atoms with Gasteiger partial charge < -0.3 is 15.2 Å². The van der Waals surface area contributed by atoms with E-state index in [0.29, 0.717) is 12.5 Å². The third-order valence-corrected chi connectivity index (χ3v) is 5.41. The van der Waals surface area contributed by atoms with Crippen molar-refractivity contribution in [3.63, 3.8) is 0 Å². The normalized spacial score (nSPS) is 18.0. The molecule has 2 aromatic heterocycles. The average molecular weight is 340 g/mol. The molecular formula is C18H20N4OS. The summed E-state index contributed by atoms with van der Waals surface area (Å²) in [6.45, 7) is 2.73. The SMILES string of the molecule is O=C(NCC1CCCN(c2nccs2)C1)c1ccc2[nH]ccc2c1. The van der Waals surface area contributed by atoms with Crippen molar-refractivity contribution in [1.82, 2.24) is 15.3 Å². The third-order valence-electron chi connectivity index (χ3n) is 4.58. The molecule has 1 aliphatic rings. The number of nitrogens with one attached hydrogen (secondary N) is 2. The van der Waals surface area contributed by atoms with E-state index in [2.05, 4.69) is 20.2 Å². The van der Waals surface area contributed by atoms with Gasteiger partial charge in [0.2, 0.25) is 0 Å². The summed E-state index contributed by atoms with van der Waals surface area (Å²) < 4.78 is 0. The minimum absolute atomic E-state index is 0.00414. The van der Waals surface area contributed by atoms with E-state index in [1.165, 1.54) is 0 Å². The fourth-order valence-electron chi connectivity index (χ4n) is 3.31. The van der Waals surface area contributed by atoms with Gasteiger partial charge in [-0.2, -0.15) is 0 Å². The van der Waals surface area contributed by atoms with Gasteiger partial charge in [0.1, 0.15) is 0 Å². The number of nitrogens with zero attached hydrogens (tertiary/aromatic N) is 2. The highest BCUT2D eigenvalue weighted by atomic mass is 32.1. The molecule has 0 aliphatic carbocycles. The zero-order valence-corrected chi connectivity index (χ0v) is 14.2. The number of benzene rings is 1. The van der Waals surface area contributed by atoms with E-state index in [1.54, 1.807) is 11.3 Å². The Balaban J connectivity index is 1.36. The maximum absolute atomic E-state index is 12.4. The van der Waals surface area contributed by atoms with E-state index in [4.69, 9.17) is 0 Å². The first kappa shape index (κ1) is 15.2. The Labute approximate surface area is 144 Å². The molecule has 0 bridgehead atoms. The number of amides is 1. The lowest BCUT2D eigenvalue weighted by atomic mass is 9.98. The molecular weight excluding hydrogens is 320 g/mol. The predicted molar refractivity (Wildman–Crippen MR) is 97.7 cm³/mol. The first-order valence-corrected chi connectivity index (χ1v) is 9.17. The van der Waals surface area contributed by atoms with Crippen LogP contribution in [0.25, 0.3) is 10.9 Å². The smallest absolute Gasteiger partial charge is 0.251 e. The third kappa shape index (κ3) is 3.14. The van der Waals surface area contributed by atoms with E-state index in [-0.39, 0.29) is 5.91 Å². The molecule has 6 heteroatoms. The number of thiazole rings is 1. The van der Waals surface area contributed by atoms with Crippen molar-refractivity contribution in [2.75, 3.05) is 24.5 Å². The van der Waals surface area contributed by atoms with Crippen LogP contribution in [0.4, 0.5) is 5.13 Å². The number of aromatic amines is 1. The summed E-state index contributed by atoms with van der Waals surface area (Å²) in [5, 5.41) is 7.26. The van der Waals surface area contributed by atoms with E-state index in [0.717, 1.165) is 47.5 Å². The monoisotopic (exact) mass is 340 g/mol. The number of aromatic nitrogens is 2. The Bertz CT molecular complexity index is 827. The van der Waals surface area contributed by atoms with Gasteiger partial charge in [-0.1, -0.05) is 0 Å². The van der Waals surface area contributed by atoms with Crippen LogP contribution < -0.4 is 10.2 Å². The largest absolute Gasteiger partial charge is 0.361 e. The Morgan fingerprint density at radius 2 is 2.38 bits per heavy atom. The van der Waals surface area contributed by atoms with E-state index < -0.39 is 0 Å². The van der Waals surface area contributed by atoms with Gasteiger partial charge in [0.05, 0.1) is 0 Å². The first-order valence-electron chi connectivity index (χ1n) is 8.29. The highest BCUT2D eigenvalue weighted by molar-refractivity contribution is 7.13. The summed E-state index contributed by atoms with van der Waals surface area (Å²) in [4.78, 5) is 22.3. The summed E-state index contributed by atoms with van der Waals surface area (Å²) in [5.41, 5.74) is 1.77. The van der Waals surface area contributed by atoms with Crippen LogP contribution in [-0.4, -0.2) is 35.5 Å². The molecule has 1 atom stereocenters. The molecule has 3 heterocycles. The summed E-state index contributed by atoms with van der Waals surface area (Å²) in [7, 11) is 0. The van der Waals surface area contributed by atoms with E-state index >= 15 is 0 Å². The topological polar surface area (TPSA) is 61.0 Å². The first-order chi connectivity index (χ1) is 11.8. The Morgan fingerprint density at radius 1 is 1.42 bits per heavy atom. The number of H-pyrrole nitrogens is 1. The molecule has 3 aromatic rings. The summed E-state index contributed by atoms with van der Waals surface area (Å²) in [6, 6.07) is 7.75. The van der Waals surface area contributed by atoms with Gasteiger partial charge >= 0.3 is 0 Å². The fraction of sp³-hybridized carbons (Fsp3) is 0.333. The summed E-state index contributed by atoms with van der Waals surface area (Å²) in [6.07, 6.45) is 6.04. The Morgan fingerprint density at radius 3 is 3.25 bits per heavy atom. The zero-order valence-electron chi connectivity index (χ0n) is 13.4. The van der Waals surface area contributed by atoms with Gasteiger partial charge in [0.25, 0.3) is 5.91 Å². The molecule has 1 saturated heterocycles. The zero-order chi connectivity index (χ0) is 16.4. The number of hydrogen-bond donors (Lipinski definition) is 2. The standard InChI is InChI=1S/C18H20N4OS/c23-17(15-3-4-16-14(10-15)5-6-19-16)21-11-13-2-1-8-22(12-13)18-20-7-9-24-18/h3-7,9-10,13,19H,1-2,8,11-12H2,(H,21,23). The maximum Gasteiger partial charge on any atom is 0.251 e. The lowest BCUT2D eigenvalue weighted by Gasteiger charge is -2.32. The van der Waals surface area contributed by atoms with Crippen molar-refractivity contribution in [3.05, 3.63) is 47.6 Å². The van der Waals surface area contributed by atoms with Crippen LogP contribution in [0, 0.1) is 5.92 Å². The van der Waals surface area contributed by atoms with Crippen molar-refractivity contribution < 1.29 is 4.79 Å². The van der Waals surface area contributed by atoms with Crippen LogP contribution in [-0.2, 0) is 0 Å². The predicted octanol–water partition coefficient (Wildman–Crippen LogP) is 3.27. The molecule has 0 spiro atoms. The van der Waals surface area contributed by atoms with Crippen LogP contribution >= 0.6 is 11.3 Å². The number of rotatable bonds is 4. The summed E-state index contributed by atoms with van der Waals surface area (Å²) >= 11 is 1.68. The van der Waals surface area contributed by atoms with Gasteiger partial charge in [-0.3, -0.25) is 4.79 Å². The van der Waals surface area contributed by atoms with E-state index in [1.807, 2.05) is 42.0 Å². The quantitative estimate of drug-likeness (QED) is 0.766. The number of carbonyl (C=O) groups excluding carboxylic acids is 1. The minimum atomic E-state index is 0.00414. The molecule has 1 aromatic carbocycles. The molecule has 24 heavy (non-hydrogen) atoms. The van der Waals surface area contributed by atoms with Crippen LogP contribution in [0.5, 0.6) is 0 Å². The maximum atomic E-state index is 12.4. The van der Waals surface area contributed by atoms with Crippen LogP contribution in [0.3, 0.4) is 0 Å². The molecule has 2 N–H and O–H groups in total. The lowest BCUT2D eigenvalue weighted by molar-refractivity contribution is 0.0946. The number of carbonyl (C=O) groups is 1. The molecule has 1 aliphatic heterocycles. The second-order valence-electron chi connectivity index (χ2n) is 6.26. The van der Waals surface area contributed by atoms with Crippen LogP contribution in [0.1, 0.15) is 23.2 Å². The van der Waals surface area contributed by atoms with Gasteiger partial charge in [-0.25, -0.2) is 4.98 Å². The van der Waals surface area contributed by atoms with Crippen molar-refractivity contribution in [3.8, 4) is 0 Å². The van der Waals surface area contributed by atoms with E-state index in [9.17, 15) is 4.79 Å². The molecule has 1 fully saturated rings. The fourth-order valence-corrected chi connectivity index (χ4v) is 3.99. The molecule has 124 valence electrons.